The maximum atomic E-state index is 12.8. The van der Waals surface area contributed by atoms with E-state index in [-0.39, 0.29) is 49.1 Å². The monoisotopic (exact) mass is 279 g/mol. The molecule has 0 spiro atoms. The number of anilines is 2. The molecule has 0 atom stereocenters. The predicted octanol–water partition coefficient (Wildman–Crippen LogP) is -4.20. The zero-order valence-electron chi connectivity index (χ0n) is 11.2. The molecule has 2 aromatic rings. The molecule has 2 aromatic carbocycles. The van der Waals surface area contributed by atoms with E-state index in [2.05, 4.69) is 0 Å². The molecular weight excluding hydrogens is 270 g/mol. The van der Waals surface area contributed by atoms with E-state index in [1.807, 2.05) is 0 Å². The quantitative estimate of drug-likeness (QED) is 0.422. The summed E-state index contributed by atoms with van der Waals surface area (Å²) in [6, 6.07) is 12.6. The van der Waals surface area contributed by atoms with Gasteiger partial charge in [0.2, 0.25) is 0 Å². The second kappa shape index (κ2) is 8.08. The minimum Gasteiger partial charge on any atom is -0.795 e. The molecule has 0 N–H and O–H groups in total. The first kappa shape index (κ1) is 19.5. The fraction of sp³-hybridized carbons (Fsp3) is 0. The first-order valence-corrected chi connectivity index (χ1v) is 6.61. The van der Waals surface area contributed by atoms with E-state index in [0.29, 0.717) is 4.67 Å². The first-order valence-electron chi connectivity index (χ1n) is 5.12. The van der Waals surface area contributed by atoms with Crippen LogP contribution in [0.15, 0.2) is 54.6 Å². The van der Waals surface area contributed by atoms with Gasteiger partial charge in [0.1, 0.15) is 5.82 Å². The maximum Gasteiger partial charge on any atom is 1.00 e. The molecule has 0 saturated carbocycles. The van der Waals surface area contributed by atoms with Crippen molar-refractivity contribution >= 4 is 19.1 Å². The summed E-state index contributed by atoms with van der Waals surface area (Å²) in [5, 5.41) is 0. The molecule has 0 aliphatic rings. The fourth-order valence-electron chi connectivity index (χ4n) is 1.58. The summed E-state index contributed by atoms with van der Waals surface area (Å²) in [5.41, 5.74) is 0.327. The van der Waals surface area contributed by atoms with Crippen molar-refractivity contribution in [3.05, 3.63) is 60.4 Å². The Bertz CT molecular complexity index is 577. The summed E-state index contributed by atoms with van der Waals surface area (Å²) in [4.78, 5) is 22.6. The van der Waals surface area contributed by atoms with Crippen molar-refractivity contribution in [1.82, 2.24) is 0 Å². The van der Waals surface area contributed by atoms with Gasteiger partial charge in [-0.3, -0.25) is 0 Å². The SMILES string of the molecule is O=P([O-])([O-])N(c1ccccc1)c1ccc(F)cc1.[Li+].[Li+]. The van der Waals surface area contributed by atoms with Gasteiger partial charge in [-0.25, -0.2) is 4.39 Å². The maximum absolute atomic E-state index is 12.8. The van der Waals surface area contributed by atoms with Crippen LogP contribution in [0.2, 0.25) is 0 Å². The van der Waals surface area contributed by atoms with Crippen molar-refractivity contribution in [1.29, 1.82) is 0 Å². The minimum absolute atomic E-state index is 0. The van der Waals surface area contributed by atoms with Gasteiger partial charge in [0.05, 0.1) is 0 Å². The largest absolute Gasteiger partial charge is 1.00 e. The molecule has 0 aromatic heterocycles. The van der Waals surface area contributed by atoms with Crippen LogP contribution in [0.3, 0.4) is 0 Å². The van der Waals surface area contributed by atoms with E-state index < -0.39 is 13.6 Å². The van der Waals surface area contributed by atoms with Gasteiger partial charge in [0, 0.05) is 19.1 Å². The van der Waals surface area contributed by atoms with E-state index in [1.54, 1.807) is 18.2 Å². The van der Waals surface area contributed by atoms with Crippen LogP contribution in [0.25, 0.3) is 0 Å². The van der Waals surface area contributed by atoms with Gasteiger partial charge in [-0.15, -0.1) is 0 Å². The van der Waals surface area contributed by atoms with Gasteiger partial charge in [0.25, 0.3) is 0 Å². The first-order chi connectivity index (χ1) is 8.48. The number of rotatable bonds is 3. The van der Waals surface area contributed by atoms with Gasteiger partial charge in [0.15, 0.2) is 0 Å². The topological polar surface area (TPSA) is 66.4 Å². The summed E-state index contributed by atoms with van der Waals surface area (Å²) in [6.07, 6.45) is 0. The Kier molecular flexibility index (Phi) is 7.88. The third-order valence-corrected chi connectivity index (χ3v) is 3.27. The number of nitrogens with zero attached hydrogens (tertiary/aromatic N) is 1. The van der Waals surface area contributed by atoms with E-state index >= 15 is 0 Å². The van der Waals surface area contributed by atoms with Gasteiger partial charge >= 0.3 is 37.7 Å². The van der Waals surface area contributed by atoms with Crippen LogP contribution in [-0.4, -0.2) is 0 Å². The molecule has 20 heavy (non-hydrogen) atoms. The molecule has 0 aliphatic carbocycles. The summed E-state index contributed by atoms with van der Waals surface area (Å²) in [7, 11) is -5.02. The zero-order valence-corrected chi connectivity index (χ0v) is 12.1. The molecule has 4 nitrogen and oxygen atoms in total. The van der Waals surface area contributed by atoms with Crippen LogP contribution in [-0.2, 0) is 4.57 Å². The van der Waals surface area contributed by atoms with E-state index in [9.17, 15) is 18.7 Å². The van der Waals surface area contributed by atoms with E-state index in [4.69, 9.17) is 0 Å². The van der Waals surface area contributed by atoms with E-state index in [0.717, 1.165) is 12.1 Å². The molecule has 94 valence electrons. The summed E-state index contributed by atoms with van der Waals surface area (Å²) < 4.78 is 24.8. The molecule has 0 radical (unpaired) electrons. The molecule has 0 saturated heterocycles. The molecule has 0 amide bonds. The molecule has 2 rings (SSSR count). The van der Waals surface area contributed by atoms with Gasteiger partial charge in [-0.05, 0) is 36.4 Å². The van der Waals surface area contributed by atoms with Gasteiger partial charge in [-0.2, -0.15) is 0 Å². The Labute approximate surface area is 140 Å². The van der Waals surface area contributed by atoms with Gasteiger partial charge in [-0.1, -0.05) is 18.2 Å². The molecule has 0 unspecified atom stereocenters. The van der Waals surface area contributed by atoms with Crippen molar-refractivity contribution < 1.29 is 56.5 Å². The normalized spacial score (nSPS) is 10.2. The minimum atomic E-state index is -5.02. The number of benzene rings is 2. The number of halogens is 1. The summed E-state index contributed by atoms with van der Waals surface area (Å²) in [6.45, 7) is 0. The van der Waals surface area contributed by atoms with Crippen LogP contribution in [0.4, 0.5) is 15.8 Å². The second-order valence-electron chi connectivity index (χ2n) is 3.59. The van der Waals surface area contributed by atoms with Crippen molar-refractivity contribution in [2.45, 2.75) is 0 Å². The number of hydrogen-bond acceptors (Lipinski definition) is 3. The Morgan fingerprint density at radius 1 is 0.850 bits per heavy atom. The van der Waals surface area contributed by atoms with Crippen molar-refractivity contribution in [3.63, 3.8) is 0 Å². The van der Waals surface area contributed by atoms with Crippen LogP contribution in [0.5, 0.6) is 0 Å². The van der Waals surface area contributed by atoms with E-state index in [1.165, 1.54) is 24.3 Å². The molecule has 0 aliphatic heterocycles. The molecule has 8 heteroatoms. The Morgan fingerprint density at radius 3 is 1.75 bits per heavy atom. The standard InChI is InChI=1S/C12H11FNO3P.2Li/c13-10-6-8-12(9-7-10)14(18(15,16)17)11-4-2-1-3-5-11;;/h1-9H,(H2,15,16,17);;/q;2*+1/p-2. The zero-order chi connectivity index (χ0) is 13.2. The van der Waals surface area contributed by atoms with Crippen molar-refractivity contribution in [2.75, 3.05) is 4.67 Å². The van der Waals surface area contributed by atoms with Crippen LogP contribution in [0, 0.1) is 5.82 Å². The smallest absolute Gasteiger partial charge is 0.795 e. The van der Waals surface area contributed by atoms with Crippen LogP contribution in [0.1, 0.15) is 0 Å². The third-order valence-electron chi connectivity index (χ3n) is 2.32. The van der Waals surface area contributed by atoms with Crippen molar-refractivity contribution in [2.24, 2.45) is 0 Å². The molecule has 0 bridgehead atoms. The van der Waals surface area contributed by atoms with Gasteiger partial charge < -0.3 is 19.0 Å². The van der Waals surface area contributed by atoms with Crippen LogP contribution < -0.4 is 52.2 Å². The average molecular weight is 279 g/mol. The van der Waals surface area contributed by atoms with Crippen LogP contribution >= 0.6 is 7.75 Å². The Hall–Kier alpha value is -0.485. The number of hydrogen-bond donors (Lipinski definition) is 0. The average Bonchev–Trinajstić information content (AvgIpc) is 2.32. The molecular formula is C12H9FLi2NO3P. The Morgan fingerprint density at radius 2 is 1.30 bits per heavy atom. The predicted molar refractivity (Wildman–Crippen MR) is 62.6 cm³/mol. The Balaban J connectivity index is 0.00000180. The third kappa shape index (κ3) is 4.81. The molecule has 0 heterocycles. The second-order valence-corrected chi connectivity index (χ2v) is 4.93. The van der Waals surface area contributed by atoms with Crippen molar-refractivity contribution in [3.8, 4) is 0 Å². The summed E-state index contributed by atoms with van der Waals surface area (Å²) in [5.74, 6) is -0.501. The molecule has 0 fully saturated rings. The summed E-state index contributed by atoms with van der Waals surface area (Å²) >= 11 is 0. The fourth-order valence-corrected chi connectivity index (χ4v) is 2.42. The number of para-hydroxylation sites is 1.